The van der Waals surface area contributed by atoms with E-state index < -0.39 is 5.97 Å². The molecule has 0 saturated heterocycles. The Morgan fingerprint density at radius 1 is 1.06 bits per heavy atom. The van der Waals surface area contributed by atoms with Gasteiger partial charge in [-0.05, 0) is 55.0 Å². The second-order valence-electron chi connectivity index (χ2n) is 7.47. The highest BCUT2D eigenvalue weighted by Crippen LogP contribution is 2.18. The number of carbonyl (C=O) groups excluding carboxylic acids is 1. The summed E-state index contributed by atoms with van der Waals surface area (Å²) in [5, 5.41) is 15.6. The van der Waals surface area contributed by atoms with Crippen LogP contribution >= 0.6 is 11.3 Å². The second-order valence-corrected chi connectivity index (χ2v) is 8.39. The number of carboxylic acids is 1. The van der Waals surface area contributed by atoms with Crippen molar-refractivity contribution in [3.63, 3.8) is 0 Å². The van der Waals surface area contributed by atoms with Gasteiger partial charge in [0, 0.05) is 24.5 Å². The van der Waals surface area contributed by atoms with Crippen molar-refractivity contribution in [2.45, 2.75) is 32.9 Å². The minimum Gasteiger partial charge on any atom is -0.477 e. The number of rotatable bonds is 9. The molecule has 0 spiro atoms. The van der Waals surface area contributed by atoms with Gasteiger partial charge in [-0.3, -0.25) is 9.48 Å². The molecule has 4 rings (SSSR count). The number of hydrogen-bond acceptors (Lipinski definition) is 4. The molecule has 0 unspecified atom stereocenters. The Bertz CT molecular complexity index is 1200. The van der Waals surface area contributed by atoms with E-state index in [1.165, 1.54) is 11.3 Å². The number of thiophene rings is 1. The maximum absolute atomic E-state index is 12.8. The Kier molecular flexibility index (Phi) is 6.13. The van der Waals surface area contributed by atoms with Crippen molar-refractivity contribution in [3.05, 3.63) is 99.3 Å². The van der Waals surface area contributed by atoms with Crippen molar-refractivity contribution >= 4 is 23.1 Å². The molecule has 0 fully saturated rings. The van der Waals surface area contributed by atoms with Crippen LogP contribution in [0.15, 0.2) is 66.3 Å². The SMILES string of the molecule is Cc1ccc(C(=O)c2cccn2CCCc2ccn(Cc3ccsc3C(=O)O)n2)cc1. The van der Waals surface area contributed by atoms with Gasteiger partial charge < -0.3 is 9.67 Å². The zero-order chi connectivity index (χ0) is 21.8. The van der Waals surface area contributed by atoms with Gasteiger partial charge in [-0.25, -0.2) is 4.79 Å². The predicted molar refractivity (Wildman–Crippen MR) is 120 cm³/mol. The summed E-state index contributed by atoms with van der Waals surface area (Å²) in [5.41, 5.74) is 4.22. The second kappa shape index (κ2) is 9.14. The van der Waals surface area contributed by atoms with E-state index in [0.717, 1.165) is 36.2 Å². The topological polar surface area (TPSA) is 77.1 Å². The Labute approximate surface area is 184 Å². The Morgan fingerprint density at radius 3 is 2.65 bits per heavy atom. The molecule has 3 aromatic heterocycles. The lowest BCUT2D eigenvalue weighted by molar-refractivity contribution is 0.0700. The van der Waals surface area contributed by atoms with Crippen LogP contribution in [0.25, 0.3) is 0 Å². The number of hydrogen-bond donors (Lipinski definition) is 1. The lowest BCUT2D eigenvalue weighted by Crippen LogP contribution is -2.10. The van der Waals surface area contributed by atoms with E-state index in [2.05, 4.69) is 5.10 Å². The van der Waals surface area contributed by atoms with E-state index in [1.807, 2.05) is 72.4 Å². The van der Waals surface area contributed by atoms with Crippen molar-refractivity contribution in [2.75, 3.05) is 0 Å². The summed E-state index contributed by atoms with van der Waals surface area (Å²) < 4.78 is 3.76. The van der Waals surface area contributed by atoms with E-state index >= 15 is 0 Å². The third-order valence-electron chi connectivity index (χ3n) is 5.18. The van der Waals surface area contributed by atoms with Gasteiger partial charge in [0.15, 0.2) is 0 Å². The van der Waals surface area contributed by atoms with E-state index in [4.69, 9.17) is 0 Å². The van der Waals surface area contributed by atoms with Gasteiger partial charge in [0.2, 0.25) is 5.78 Å². The average molecular weight is 434 g/mol. The average Bonchev–Trinajstić information content (AvgIpc) is 3.50. The Balaban J connectivity index is 1.35. The van der Waals surface area contributed by atoms with Crippen molar-refractivity contribution < 1.29 is 14.7 Å². The standard InChI is InChI=1S/C24H23N3O3S/c1-17-6-8-18(9-7-17)22(28)21-5-3-13-26(21)12-2-4-20-10-14-27(25-20)16-19-11-15-31-23(19)24(29)30/h3,5-11,13-15H,2,4,12,16H2,1H3,(H,29,30). The van der Waals surface area contributed by atoms with Crippen LogP contribution in [-0.4, -0.2) is 31.2 Å². The summed E-state index contributed by atoms with van der Waals surface area (Å²) in [6.45, 7) is 3.17. The molecular formula is C24H23N3O3S. The summed E-state index contributed by atoms with van der Waals surface area (Å²) in [4.78, 5) is 24.4. The highest BCUT2D eigenvalue weighted by molar-refractivity contribution is 7.12. The molecule has 1 N–H and O–H groups in total. The first-order valence-electron chi connectivity index (χ1n) is 10.1. The number of carbonyl (C=O) groups is 2. The van der Waals surface area contributed by atoms with Gasteiger partial charge in [0.25, 0.3) is 0 Å². The Morgan fingerprint density at radius 2 is 1.87 bits per heavy atom. The predicted octanol–water partition coefficient (Wildman–Crippen LogP) is 4.66. The number of aryl methyl sites for hydroxylation is 3. The fourth-order valence-corrected chi connectivity index (χ4v) is 4.30. The first kappa shape index (κ1) is 20.8. The number of aromatic nitrogens is 3. The lowest BCUT2D eigenvalue weighted by atomic mass is 10.1. The van der Waals surface area contributed by atoms with E-state index in [1.54, 1.807) is 10.1 Å². The van der Waals surface area contributed by atoms with Crippen LogP contribution in [0.5, 0.6) is 0 Å². The van der Waals surface area contributed by atoms with Crippen LogP contribution in [0.1, 0.15) is 49.0 Å². The van der Waals surface area contributed by atoms with Crippen molar-refractivity contribution in [1.29, 1.82) is 0 Å². The van der Waals surface area contributed by atoms with Crippen LogP contribution in [0.3, 0.4) is 0 Å². The van der Waals surface area contributed by atoms with Crippen LogP contribution in [0.2, 0.25) is 0 Å². The van der Waals surface area contributed by atoms with Crippen LogP contribution in [0.4, 0.5) is 0 Å². The van der Waals surface area contributed by atoms with Crippen LogP contribution in [0, 0.1) is 6.92 Å². The molecule has 0 bridgehead atoms. The van der Waals surface area contributed by atoms with Gasteiger partial charge in [-0.15, -0.1) is 11.3 Å². The molecule has 3 heterocycles. The van der Waals surface area contributed by atoms with E-state index in [-0.39, 0.29) is 5.78 Å². The third kappa shape index (κ3) is 4.83. The molecule has 0 aliphatic rings. The van der Waals surface area contributed by atoms with Gasteiger partial charge in [0.1, 0.15) is 4.88 Å². The molecule has 4 aromatic rings. The first-order chi connectivity index (χ1) is 15.0. The minimum absolute atomic E-state index is 0.0271. The first-order valence-corrected chi connectivity index (χ1v) is 11.0. The maximum Gasteiger partial charge on any atom is 0.346 e. The summed E-state index contributed by atoms with van der Waals surface area (Å²) in [5.74, 6) is -0.876. The van der Waals surface area contributed by atoms with Gasteiger partial charge in [0.05, 0.1) is 17.9 Å². The van der Waals surface area contributed by atoms with E-state index in [0.29, 0.717) is 22.7 Å². The van der Waals surface area contributed by atoms with Crippen molar-refractivity contribution in [1.82, 2.24) is 14.3 Å². The molecule has 6 nitrogen and oxygen atoms in total. The Hall–Kier alpha value is -3.45. The minimum atomic E-state index is -0.903. The fraction of sp³-hybridized carbons (Fsp3) is 0.208. The monoisotopic (exact) mass is 433 g/mol. The van der Waals surface area contributed by atoms with E-state index in [9.17, 15) is 14.7 Å². The molecule has 0 radical (unpaired) electrons. The van der Waals surface area contributed by atoms with Crippen LogP contribution < -0.4 is 0 Å². The molecule has 7 heteroatoms. The van der Waals surface area contributed by atoms with Crippen molar-refractivity contribution in [2.24, 2.45) is 0 Å². The normalized spacial score (nSPS) is 11.0. The number of carboxylic acid groups (broad SMARTS) is 1. The number of nitrogens with zero attached hydrogens (tertiary/aromatic N) is 3. The van der Waals surface area contributed by atoms with Gasteiger partial charge in [-0.1, -0.05) is 29.8 Å². The number of aromatic carboxylic acids is 1. The fourth-order valence-electron chi connectivity index (χ4n) is 3.55. The molecular weight excluding hydrogens is 410 g/mol. The third-order valence-corrected chi connectivity index (χ3v) is 6.12. The summed E-state index contributed by atoms with van der Waals surface area (Å²) in [6.07, 6.45) is 5.43. The zero-order valence-electron chi connectivity index (χ0n) is 17.2. The number of benzene rings is 1. The highest BCUT2D eigenvalue weighted by atomic mass is 32.1. The maximum atomic E-state index is 12.8. The lowest BCUT2D eigenvalue weighted by Gasteiger charge is -2.08. The number of ketones is 1. The molecule has 0 aliphatic heterocycles. The molecule has 0 amide bonds. The van der Waals surface area contributed by atoms with Crippen molar-refractivity contribution in [3.8, 4) is 0 Å². The zero-order valence-corrected chi connectivity index (χ0v) is 18.0. The quantitative estimate of drug-likeness (QED) is 0.389. The molecule has 1 aromatic carbocycles. The van der Waals surface area contributed by atoms with Gasteiger partial charge in [-0.2, -0.15) is 5.10 Å². The molecule has 0 atom stereocenters. The summed E-state index contributed by atoms with van der Waals surface area (Å²) >= 11 is 1.23. The molecule has 0 aliphatic carbocycles. The summed E-state index contributed by atoms with van der Waals surface area (Å²) in [7, 11) is 0. The summed E-state index contributed by atoms with van der Waals surface area (Å²) in [6, 6.07) is 15.2. The molecule has 158 valence electrons. The van der Waals surface area contributed by atoms with Crippen LogP contribution in [-0.2, 0) is 19.5 Å². The largest absolute Gasteiger partial charge is 0.477 e. The molecule has 31 heavy (non-hydrogen) atoms. The molecule has 0 saturated carbocycles. The smallest absolute Gasteiger partial charge is 0.346 e. The van der Waals surface area contributed by atoms with Gasteiger partial charge >= 0.3 is 5.97 Å². The highest BCUT2D eigenvalue weighted by Gasteiger charge is 2.14.